The molecule has 0 saturated heterocycles. The van der Waals surface area contributed by atoms with Crippen LogP contribution in [-0.4, -0.2) is 31.0 Å². The second-order valence-electron chi connectivity index (χ2n) is 8.49. The smallest absolute Gasteiger partial charge is 0.235 e. The minimum absolute atomic E-state index is 0.155. The average Bonchev–Trinajstić information content (AvgIpc) is 3.49. The van der Waals surface area contributed by atoms with Crippen molar-refractivity contribution in [1.82, 2.24) is 19.3 Å². The molecule has 1 aliphatic carbocycles. The van der Waals surface area contributed by atoms with Crippen LogP contribution in [0.3, 0.4) is 0 Å². The molecule has 3 heterocycles. The molecule has 3 aromatic rings. The lowest BCUT2D eigenvalue weighted by Crippen LogP contribution is -2.22. The Morgan fingerprint density at radius 2 is 2.03 bits per heavy atom. The molecule has 0 radical (unpaired) electrons. The Morgan fingerprint density at radius 3 is 2.67 bits per heavy atom. The summed E-state index contributed by atoms with van der Waals surface area (Å²) in [5.74, 6) is 2.18. The van der Waals surface area contributed by atoms with Crippen LogP contribution in [0, 0.1) is 32.1 Å². The van der Waals surface area contributed by atoms with Crippen molar-refractivity contribution in [3.63, 3.8) is 0 Å². The van der Waals surface area contributed by atoms with E-state index in [1.807, 2.05) is 38.3 Å². The number of hydrogen-bond donors (Lipinski definition) is 1. The fourth-order valence-corrected chi connectivity index (χ4v) is 5.48. The van der Waals surface area contributed by atoms with E-state index in [2.05, 4.69) is 26.2 Å². The first-order valence-corrected chi connectivity index (χ1v) is 12.5. The van der Waals surface area contributed by atoms with Crippen LogP contribution >= 0.6 is 11.8 Å². The first-order chi connectivity index (χ1) is 16.0. The Bertz CT molecular complexity index is 1190. The van der Waals surface area contributed by atoms with Crippen molar-refractivity contribution in [3.8, 4) is 17.5 Å². The zero-order valence-electron chi connectivity index (χ0n) is 19.6. The third kappa shape index (κ3) is 4.44. The van der Waals surface area contributed by atoms with Gasteiger partial charge in [-0.1, -0.05) is 31.0 Å². The summed E-state index contributed by atoms with van der Waals surface area (Å²) >= 11 is 1.34. The maximum absolute atomic E-state index is 13.0. The normalized spacial score (nSPS) is 14.4. The van der Waals surface area contributed by atoms with Crippen molar-refractivity contribution < 1.29 is 9.21 Å². The monoisotopic (exact) mass is 466 g/mol. The lowest BCUT2D eigenvalue weighted by Gasteiger charge is -2.27. The highest BCUT2D eigenvalue weighted by Crippen LogP contribution is 2.37. The molecule has 174 valence electrons. The van der Waals surface area contributed by atoms with E-state index in [4.69, 9.17) is 4.42 Å². The first-order valence-electron chi connectivity index (χ1n) is 11.5. The van der Waals surface area contributed by atoms with E-state index in [-0.39, 0.29) is 11.7 Å². The number of carbonyl (C=O) groups excluding carboxylic acids is 1. The van der Waals surface area contributed by atoms with Gasteiger partial charge in [0.2, 0.25) is 5.91 Å². The zero-order chi connectivity index (χ0) is 23.5. The van der Waals surface area contributed by atoms with E-state index in [0.29, 0.717) is 29.1 Å². The molecule has 8 nitrogen and oxygen atoms in total. The van der Waals surface area contributed by atoms with Crippen LogP contribution < -0.4 is 5.32 Å². The minimum atomic E-state index is -0.155. The number of hydrogen-bond acceptors (Lipinski definition) is 6. The van der Waals surface area contributed by atoms with Gasteiger partial charge in [-0.15, -0.1) is 10.2 Å². The molecular formula is C24H30N6O2S. The molecular weight excluding hydrogens is 436 g/mol. The maximum Gasteiger partial charge on any atom is 0.235 e. The number of aryl methyl sites for hydroxylation is 1. The van der Waals surface area contributed by atoms with E-state index in [0.717, 1.165) is 41.2 Å². The van der Waals surface area contributed by atoms with Gasteiger partial charge >= 0.3 is 0 Å². The molecule has 33 heavy (non-hydrogen) atoms. The summed E-state index contributed by atoms with van der Waals surface area (Å²) in [6, 6.07) is 4.51. The van der Waals surface area contributed by atoms with Crippen LogP contribution in [0.15, 0.2) is 21.9 Å². The predicted molar refractivity (Wildman–Crippen MR) is 128 cm³/mol. The van der Waals surface area contributed by atoms with Crippen molar-refractivity contribution in [2.24, 2.45) is 0 Å². The molecule has 0 spiro atoms. The molecule has 0 unspecified atom stereocenters. The van der Waals surface area contributed by atoms with Gasteiger partial charge < -0.3 is 18.9 Å². The van der Waals surface area contributed by atoms with Crippen molar-refractivity contribution in [2.75, 3.05) is 11.1 Å². The molecule has 3 aromatic heterocycles. The van der Waals surface area contributed by atoms with Crippen molar-refractivity contribution in [2.45, 2.75) is 77.5 Å². The Hall–Kier alpha value is -2.99. The number of nitrogens with one attached hydrogen (secondary N) is 1. The van der Waals surface area contributed by atoms with Crippen LogP contribution in [0.4, 0.5) is 5.82 Å². The van der Waals surface area contributed by atoms with Crippen LogP contribution in [0.1, 0.15) is 67.7 Å². The lowest BCUT2D eigenvalue weighted by atomic mass is 9.95. The number of rotatable bonds is 7. The third-order valence-corrected chi connectivity index (χ3v) is 7.50. The second kappa shape index (κ2) is 9.87. The highest BCUT2D eigenvalue weighted by molar-refractivity contribution is 7.99. The number of anilines is 1. The first kappa shape index (κ1) is 23.2. The van der Waals surface area contributed by atoms with Gasteiger partial charge in [0.05, 0.1) is 23.1 Å². The van der Waals surface area contributed by atoms with Crippen LogP contribution in [-0.2, 0) is 11.3 Å². The number of nitriles is 1. The van der Waals surface area contributed by atoms with E-state index < -0.39 is 0 Å². The highest BCUT2D eigenvalue weighted by atomic mass is 32.2. The summed E-state index contributed by atoms with van der Waals surface area (Å²) in [5.41, 5.74) is 3.46. The number of nitrogens with zero attached hydrogens (tertiary/aromatic N) is 5. The molecule has 4 rings (SSSR count). The maximum atomic E-state index is 13.0. The standard InChI is InChI=1S/C24H30N6O2S/c1-5-29-23(19-11-12-32-17(19)4)27-28-24(29)33-14-21(31)26-22-20(13-25)15(2)16(3)30(22)18-9-7-6-8-10-18/h11-12,18H,5-10,14H2,1-4H3,(H,26,31). The van der Waals surface area contributed by atoms with Crippen molar-refractivity contribution in [3.05, 3.63) is 34.9 Å². The number of aromatic nitrogens is 4. The summed E-state index contributed by atoms with van der Waals surface area (Å²) < 4.78 is 9.57. The number of amides is 1. The van der Waals surface area contributed by atoms with Gasteiger partial charge in [0, 0.05) is 18.3 Å². The quantitative estimate of drug-likeness (QED) is 0.468. The Kier molecular flexibility index (Phi) is 6.94. The summed E-state index contributed by atoms with van der Waals surface area (Å²) in [4.78, 5) is 13.0. The fraction of sp³-hybridized carbons (Fsp3) is 0.500. The third-order valence-electron chi connectivity index (χ3n) is 6.53. The molecule has 1 aliphatic rings. The van der Waals surface area contributed by atoms with Gasteiger partial charge in [-0.2, -0.15) is 5.26 Å². The van der Waals surface area contributed by atoms with E-state index in [9.17, 15) is 10.1 Å². The molecule has 0 aromatic carbocycles. The molecule has 1 fully saturated rings. The molecule has 1 N–H and O–H groups in total. The average molecular weight is 467 g/mol. The van der Waals surface area contributed by atoms with E-state index in [1.54, 1.807) is 6.26 Å². The summed E-state index contributed by atoms with van der Waals surface area (Å²) in [6.07, 6.45) is 7.39. The van der Waals surface area contributed by atoms with Gasteiger partial charge in [-0.25, -0.2) is 0 Å². The second-order valence-corrected chi connectivity index (χ2v) is 9.43. The topological polar surface area (TPSA) is 102 Å². The SMILES string of the molecule is CCn1c(SCC(=O)Nc2c(C#N)c(C)c(C)n2C2CCCCC2)nnc1-c1ccoc1C. The molecule has 1 amide bonds. The van der Waals surface area contributed by atoms with Gasteiger partial charge in [0.1, 0.15) is 17.6 Å². The molecule has 9 heteroatoms. The Morgan fingerprint density at radius 1 is 1.27 bits per heavy atom. The summed E-state index contributed by atoms with van der Waals surface area (Å²) in [5, 5.41) is 22.1. The highest BCUT2D eigenvalue weighted by Gasteiger charge is 2.26. The number of carbonyl (C=O) groups is 1. The van der Waals surface area contributed by atoms with Crippen LogP contribution in [0.5, 0.6) is 0 Å². The molecule has 0 aliphatic heterocycles. The molecule has 1 saturated carbocycles. The fourth-order valence-electron chi connectivity index (χ4n) is 4.68. The van der Waals surface area contributed by atoms with Crippen LogP contribution in [0.2, 0.25) is 0 Å². The Labute approximate surface area is 198 Å². The van der Waals surface area contributed by atoms with Gasteiger partial charge in [0.25, 0.3) is 0 Å². The largest absolute Gasteiger partial charge is 0.469 e. The summed E-state index contributed by atoms with van der Waals surface area (Å²) in [7, 11) is 0. The zero-order valence-corrected chi connectivity index (χ0v) is 20.5. The predicted octanol–water partition coefficient (Wildman–Crippen LogP) is 5.39. The van der Waals surface area contributed by atoms with Gasteiger partial charge in [-0.05, 0) is 52.2 Å². The minimum Gasteiger partial charge on any atom is -0.469 e. The lowest BCUT2D eigenvalue weighted by molar-refractivity contribution is -0.113. The van der Waals surface area contributed by atoms with Gasteiger partial charge in [-0.3, -0.25) is 4.79 Å². The summed E-state index contributed by atoms with van der Waals surface area (Å²) in [6.45, 7) is 8.59. The van der Waals surface area contributed by atoms with Crippen LogP contribution in [0.25, 0.3) is 11.4 Å². The van der Waals surface area contributed by atoms with E-state index >= 15 is 0 Å². The molecule has 0 bridgehead atoms. The van der Waals surface area contributed by atoms with Gasteiger partial charge in [0.15, 0.2) is 11.0 Å². The van der Waals surface area contributed by atoms with Crippen molar-refractivity contribution in [1.29, 1.82) is 5.26 Å². The number of thioether (sulfide) groups is 1. The molecule has 0 atom stereocenters. The van der Waals surface area contributed by atoms with Crippen molar-refractivity contribution >= 4 is 23.5 Å². The number of furan rings is 1. The Balaban J connectivity index is 1.52. The van der Waals surface area contributed by atoms with E-state index in [1.165, 1.54) is 31.0 Å².